The van der Waals surface area contributed by atoms with Crippen LogP contribution in [0.2, 0.25) is 0 Å². The third-order valence-electron chi connectivity index (χ3n) is 5.18. The number of amides is 1. The van der Waals surface area contributed by atoms with E-state index in [4.69, 9.17) is 4.52 Å². The Kier molecular flexibility index (Phi) is 5.08. The Bertz CT molecular complexity index is 1520. The Balaban J connectivity index is 1.45. The number of halogens is 3. The molecule has 0 radical (unpaired) electrons. The number of nitrogens with zero attached hydrogens (tertiary/aromatic N) is 5. The van der Waals surface area contributed by atoms with E-state index in [1.54, 1.807) is 47.9 Å². The Hall–Kier alpha value is -4.54. The molecule has 0 saturated carbocycles. The first-order valence-electron chi connectivity index (χ1n) is 10.0. The summed E-state index contributed by atoms with van der Waals surface area (Å²) in [7, 11) is 0. The molecule has 0 aliphatic carbocycles. The molecule has 5 aromatic rings. The molecule has 1 amide bonds. The van der Waals surface area contributed by atoms with E-state index in [1.165, 1.54) is 6.20 Å². The van der Waals surface area contributed by atoms with Crippen molar-refractivity contribution in [2.24, 2.45) is 0 Å². The van der Waals surface area contributed by atoms with Crippen molar-refractivity contribution in [3.63, 3.8) is 0 Å². The van der Waals surface area contributed by atoms with E-state index in [-0.39, 0.29) is 23.2 Å². The van der Waals surface area contributed by atoms with Crippen molar-refractivity contribution in [1.82, 2.24) is 24.5 Å². The number of anilines is 1. The van der Waals surface area contributed by atoms with E-state index >= 15 is 0 Å². The summed E-state index contributed by atoms with van der Waals surface area (Å²) in [5.41, 5.74) is 1.43. The highest BCUT2D eigenvalue weighted by molar-refractivity contribution is 6.04. The molecule has 0 fully saturated rings. The number of alkyl halides is 3. The molecule has 0 spiro atoms. The van der Waals surface area contributed by atoms with Gasteiger partial charge >= 0.3 is 6.18 Å². The summed E-state index contributed by atoms with van der Waals surface area (Å²) in [4.78, 5) is 24.9. The number of fused-ring (bicyclic) bond motifs is 1. The third kappa shape index (κ3) is 3.87. The largest absolute Gasteiger partial charge is 0.417 e. The highest BCUT2D eigenvalue weighted by Gasteiger charge is 2.35. The van der Waals surface area contributed by atoms with Crippen LogP contribution in [0.25, 0.3) is 28.5 Å². The lowest BCUT2D eigenvalue weighted by atomic mass is 10.1. The fraction of sp³-hybridized carbons (Fsp3) is 0.0870. The first-order valence-corrected chi connectivity index (χ1v) is 10.0. The molecule has 34 heavy (non-hydrogen) atoms. The maximum Gasteiger partial charge on any atom is 0.417 e. The minimum Gasteiger partial charge on any atom is -0.334 e. The summed E-state index contributed by atoms with van der Waals surface area (Å²) < 4.78 is 46.9. The topological polar surface area (TPSA) is 98.2 Å². The Morgan fingerprint density at radius 1 is 1.12 bits per heavy atom. The van der Waals surface area contributed by atoms with E-state index in [9.17, 15) is 18.0 Å². The average molecular weight is 464 g/mol. The van der Waals surface area contributed by atoms with Gasteiger partial charge in [0.1, 0.15) is 11.3 Å². The smallest absolute Gasteiger partial charge is 0.334 e. The summed E-state index contributed by atoms with van der Waals surface area (Å²) >= 11 is 0. The van der Waals surface area contributed by atoms with E-state index in [2.05, 4.69) is 25.4 Å². The first-order chi connectivity index (χ1) is 16.3. The minimum absolute atomic E-state index is 0.00252. The lowest BCUT2D eigenvalue weighted by Crippen LogP contribution is -2.15. The predicted molar refractivity (Wildman–Crippen MR) is 116 cm³/mol. The molecule has 0 unspecified atom stereocenters. The molecule has 0 bridgehead atoms. The number of pyridine rings is 2. The zero-order valence-electron chi connectivity index (χ0n) is 17.5. The van der Waals surface area contributed by atoms with Gasteiger partial charge in [0.25, 0.3) is 11.8 Å². The minimum atomic E-state index is -4.60. The van der Waals surface area contributed by atoms with Gasteiger partial charge in [0, 0.05) is 29.8 Å². The highest BCUT2D eigenvalue weighted by Crippen LogP contribution is 2.36. The maximum atomic E-state index is 13.3. The Morgan fingerprint density at radius 2 is 1.97 bits per heavy atom. The lowest BCUT2D eigenvalue weighted by Gasteiger charge is -2.09. The molecular weight excluding hydrogens is 449 g/mol. The van der Waals surface area contributed by atoms with Gasteiger partial charge < -0.3 is 9.84 Å². The van der Waals surface area contributed by atoms with Crippen LogP contribution in [0.4, 0.5) is 18.9 Å². The molecule has 1 aromatic carbocycles. The van der Waals surface area contributed by atoms with Crippen molar-refractivity contribution < 1.29 is 22.5 Å². The number of hydrogen-bond donors (Lipinski definition) is 1. The van der Waals surface area contributed by atoms with Crippen molar-refractivity contribution in [3.05, 3.63) is 84.1 Å². The van der Waals surface area contributed by atoms with Gasteiger partial charge in [-0.05, 0) is 42.8 Å². The fourth-order valence-electron chi connectivity index (χ4n) is 3.45. The number of aryl methyl sites for hydroxylation is 1. The number of hydrogen-bond acceptors (Lipinski definition) is 6. The van der Waals surface area contributed by atoms with Crippen LogP contribution < -0.4 is 5.32 Å². The van der Waals surface area contributed by atoms with Crippen molar-refractivity contribution in [3.8, 4) is 22.8 Å². The van der Waals surface area contributed by atoms with Crippen LogP contribution in [-0.2, 0) is 6.18 Å². The SMILES string of the molecule is Cc1ccc(-c2nc(-c3cnccc3C(F)(F)F)no2)cc1NC(=O)c1cnc2ccccn12. The summed E-state index contributed by atoms with van der Waals surface area (Å²) in [5, 5.41) is 6.53. The molecule has 0 aliphatic rings. The number of benzene rings is 1. The zero-order chi connectivity index (χ0) is 23.9. The van der Waals surface area contributed by atoms with Gasteiger partial charge in [-0.3, -0.25) is 14.2 Å². The van der Waals surface area contributed by atoms with Crippen LogP contribution in [0.1, 0.15) is 21.6 Å². The molecule has 4 heterocycles. The van der Waals surface area contributed by atoms with Crippen LogP contribution in [0.3, 0.4) is 0 Å². The Morgan fingerprint density at radius 3 is 2.79 bits per heavy atom. The van der Waals surface area contributed by atoms with E-state index < -0.39 is 11.7 Å². The second-order valence-electron chi connectivity index (χ2n) is 7.40. The summed E-state index contributed by atoms with van der Waals surface area (Å²) in [6.07, 6.45) is 0.687. The molecule has 1 N–H and O–H groups in total. The number of carbonyl (C=O) groups excluding carboxylic acids is 1. The van der Waals surface area contributed by atoms with Crippen molar-refractivity contribution >= 4 is 17.2 Å². The molecule has 0 atom stereocenters. The van der Waals surface area contributed by atoms with Gasteiger partial charge in [-0.2, -0.15) is 18.2 Å². The molecule has 5 rings (SSSR count). The normalized spacial score (nSPS) is 11.6. The van der Waals surface area contributed by atoms with Gasteiger partial charge in [0.05, 0.1) is 17.3 Å². The maximum absolute atomic E-state index is 13.3. The Labute approximate surface area is 190 Å². The van der Waals surface area contributed by atoms with Crippen molar-refractivity contribution in [2.75, 3.05) is 5.32 Å². The fourth-order valence-corrected chi connectivity index (χ4v) is 3.45. The van der Waals surface area contributed by atoms with Gasteiger partial charge in [-0.15, -0.1) is 0 Å². The molecule has 8 nitrogen and oxygen atoms in total. The van der Waals surface area contributed by atoms with Crippen LogP contribution >= 0.6 is 0 Å². The summed E-state index contributed by atoms with van der Waals surface area (Å²) in [5.74, 6) is -0.625. The number of imidazole rings is 1. The average Bonchev–Trinajstić information content (AvgIpc) is 3.48. The zero-order valence-corrected chi connectivity index (χ0v) is 17.5. The van der Waals surface area contributed by atoms with Crippen molar-refractivity contribution in [2.45, 2.75) is 13.1 Å². The number of aromatic nitrogens is 5. The number of nitrogens with one attached hydrogen (secondary N) is 1. The lowest BCUT2D eigenvalue weighted by molar-refractivity contribution is -0.137. The molecule has 0 aliphatic heterocycles. The van der Waals surface area contributed by atoms with Crippen molar-refractivity contribution in [1.29, 1.82) is 0 Å². The second kappa shape index (κ2) is 8.10. The van der Waals surface area contributed by atoms with Gasteiger partial charge in [0.2, 0.25) is 5.82 Å². The van der Waals surface area contributed by atoms with E-state index in [1.807, 2.05) is 6.07 Å². The summed E-state index contributed by atoms with van der Waals surface area (Å²) in [6, 6.07) is 11.3. The van der Waals surface area contributed by atoms with Crippen LogP contribution in [0.15, 0.2) is 71.8 Å². The standard InChI is InChI=1S/C23H15F3N6O2/c1-13-5-6-14(10-17(13)29-21(33)18-12-28-19-4-2-3-9-32(18)19)22-30-20(31-34-22)15-11-27-8-7-16(15)23(24,25)26/h2-12H,1H3,(H,29,33). The van der Waals surface area contributed by atoms with Crippen LogP contribution in [0.5, 0.6) is 0 Å². The predicted octanol–water partition coefficient (Wildman–Crippen LogP) is 5.03. The molecule has 11 heteroatoms. The van der Waals surface area contributed by atoms with Crippen LogP contribution in [0, 0.1) is 6.92 Å². The van der Waals surface area contributed by atoms with Gasteiger partial charge in [-0.25, -0.2) is 4.98 Å². The van der Waals surface area contributed by atoms with Crippen LogP contribution in [-0.4, -0.2) is 30.4 Å². The summed E-state index contributed by atoms with van der Waals surface area (Å²) in [6.45, 7) is 1.80. The van der Waals surface area contributed by atoms with E-state index in [0.29, 0.717) is 22.6 Å². The van der Waals surface area contributed by atoms with Gasteiger partial charge in [-0.1, -0.05) is 17.3 Å². The molecule has 170 valence electrons. The van der Waals surface area contributed by atoms with Gasteiger partial charge in [0.15, 0.2) is 0 Å². The quantitative estimate of drug-likeness (QED) is 0.401. The molecule has 0 saturated heterocycles. The number of carbonyl (C=O) groups is 1. The second-order valence-corrected chi connectivity index (χ2v) is 7.40. The molecular formula is C23H15F3N6O2. The highest BCUT2D eigenvalue weighted by atomic mass is 19.4. The third-order valence-corrected chi connectivity index (χ3v) is 5.18. The first kappa shape index (κ1) is 21.3. The molecule has 4 aromatic heterocycles. The van der Waals surface area contributed by atoms with E-state index in [0.717, 1.165) is 24.0 Å². The number of rotatable bonds is 4. The monoisotopic (exact) mass is 464 g/mol.